The summed E-state index contributed by atoms with van der Waals surface area (Å²) in [4.78, 5) is 18.1. The average molecular weight is 337 g/mol. The van der Waals surface area contributed by atoms with Crippen LogP contribution in [0.3, 0.4) is 0 Å². The number of aliphatic hydroxyl groups excluding tert-OH is 2. The molecule has 7 heteroatoms. The molecule has 0 radical (unpaired) electrons. The number of carbonyl (C=O) groups excluding carboxylic acids is 1. The van der Waals surface area contributed by atoms with E-state index in [2.05, 4.69) is 10.3 Å². The first-order valence-corrected chi connectivity index (χ1v) is 8.19. The van der Waals surface area contributed by atoms with Gasteiger partial charge in [-0.2, -0.15) is 0 Å². The lowest BCUT2D eigenvalue weighted by Gasteiger charge is -2.38. The van der Waals surface area contributed by atoms with Gasteiger partial charge in [-0.15, -0.1) is 0 Å². The number of piperidine rings is 1. The molecule has 1 saturated heterocycles. The first-order valence-electron chi connectivity index (χ1n) is 8.19. The Balaban J connectivity index is 1.98. The number of anilines is 1. The van der Waals surface area contributed by atoms with E-state index in [1.807, 2.05) is 24.0 Å². The minimum absolute atomic E-state index is 0.117. The third-order valence-electron chi connectivity index (χ3n) is 3.80. The number of β-amino-alcohol motifs (C(OH)–C–C–N with tert-alkyl or cyclic N) is 1. The van der Waals surface area contributed by atoms with Crippen molar-refractivity contribution in [1.82, 2.24) is 10.3 Å². The summed E-state index contributed by atoms with van der Waals surface area (Å²) in [6.45, 7) is 8.24. The van der Waals surface area contributed by atoms with Crippen LogP contribution in [0.4, 0.5) is 10.5 Å². The van der Waals surface area contributed by atoms with Crippen molar-refractivity contribution < 1.29 is 19.7 Å². The molecule has 1 aromatic heterocycles. The Bertz CT molecular complexity index is 586. The normalized spacial score (nSPS) is 21.5. The molecule has 1 aromatic rings. The van der Waals surface area contributed by atoms with Gasteiger partial charge in [0, 0.05) is 24.5 Å². The Morgan fingerprint density at radius 1 is 1.46 bits per heavy atom. The predicted octanol–water partition coefficient (Wildman–Crippen LogP) is 1.35. The molecule has 2 rings (SSSR count). The van der Waals surface area contributed by atoms with Gasteiger partial charge < -0.3 is 25.2 Å². The molecule has 1 amide bonds. The van der Waals surface area contributed by atoms with Crippen LogP contribution in [-0.4, -0.2) is 52.1 Å². The topological polar surface area (TPSA) is 94.9 Å². The van der Waals surface area contributed by atoms with E-state index in [4.69, 9.17) is 4.74 Å². The number of rotatable bonds is 3. The van der Waals surface area contributed by atoms with Gasteiger partial charge >= 0.3 is 6.09 Å². The average Bonchev–Trinajstić information content (AvgIpc) is 2.46. The van der Waals surface area contributed by atoms with Crippen LogP contribution in [0.25, 0.3) is 0 Å². The lowest BCUT2D eigenvalue weighted by Crippen LogP contribution is -2.54. The Morgan fingerprint density at radius 2 is 2.17 bits per heavy atom. The number of hydrogen-bond acceptors (Lipinski definition) is 6. The number of aromatic nitrogens is 1. The van der Waals surface area contributed by atoms with E-state index in [1.165, 1.54) is 0 Å². The molecule has 0 aliphatic carbocycles. The standard InChI is InChI=1S/C17H27N3O4/c1-11-7-13(8-12(10-21)18-11)20-6-5-14(15(22)9-20)19-16(23)24-17(2,3)4/h7-8,14-15,21-22H,5-6,9-10H2,1-4H3,(H,19,23). The molecule has 0 bridgehead atoms. The second-order valence-electron chi connectivity index (χ2n) is 7.17. The number of amides is 1. The summed E-state index contributed by atoms with van der Waals surface area (Å²) in [6, 6.07) is 3.41. The second-order valence-corrected chi connectivity index (χ2v) is 7.17. The van der Waals surface area contributed by atoms with Crippen molar-refractivity contribution in [2.75, 3.05) is 18.0 Å². The summed E-state index contributed by atoms with van der Waals surface area (Å²) in [6.07, 6.45) is -0.601. The highest BCUT2D eigenvalue weighted by atomic mass is 16.6. The molecular weight excluding hydrogens is 310 g/mol. The fraction of sp³-hybridized carbons (Fsp3) is 0.647. The number of aryl methyl sites for hydroxylation is 1. The highest BCUT2D eigenvalue weighted by Crippen LogP contribution is 2.22. The zero-order chi connectivity index (χ0) is 17.9. The summed E-state index contributed by atoms with van der Waals surface area (Å²) in [7, 11) is 0. The highest BCUT2D eigenvalue weighted by Gasteiger charge is 2.30. The zero-order valence-corrected chi connectivity index (χ0v) is 14.7. The third-order valence-corrected chi connectivity index (χ3v) is 3.80. The van der Waals surface area contributed by atoms with Gasteiger partial charge in [0.15, 0.2) is 0 Å². The molecule has 3 N–H and O–H groups in total. The van der Waals surface area contributed by atoms with Crippen LogP contribution in [0, 0.1) is 6.92 Å². The third kappa shape index (κ3) is 5.07. The lowest BCUT2D eigenvalue weighted by atomic mass is 10.0. The van der Waals surface area contributed by atoms with Gasteiger partial charge in [0.25, 0.3) is 0 Å². The number of alkyl carbamates (subject to hydrolysis) is 1. The van der Waals surface area contributed by atoms with E-state index in [1.54, 1.807) is 20.8 Å². The largest absolute Gasteiger partial charge is 0.444 e. The van der Waals surface area contributed by atoms with Crippen molar-refractivity contribution in [3.8, 4) is 0 Å². The zero-order valence-electron chi connectivity index (χ0n) is 14.7. The first-order chi connectivity index (χ1) is 11.2. The molecule has 0 saturated carbocycles. The highest BCUT2D eigenvalue weighted by molar-refractivity contribution is 5.68. The van der Waals surface area contributed by atoms with E-state index in [9.17, 15) is 15.0 Å². The van der Waals surface area contributed by atoms with E-state index >= 15 is 0 Å². The number of aliphatic hydroxyl groups is 2. The van der Waals surface area contributed by atoms with Gasteiger partial charge in [-0.3, -0.25) is 4.98 Å². The Kier molecular flexibility index (Phi) is 5.66. The molecule has 24 heavy (non-hydrogen) atoms. The number of ether oxygens (including phenoxy) is 1. The minimum Gasteiger partial charge on any atom is -0.444 e. The number of pyridine rings is 1. The van der Waals surface area contributed by atoms with Gasteiger partial charge in [-0.25, -0.2) is 4.79 Å². The fourth-order valence-electron chi connectivity index (χ4n) is 2.77. The summed E-state index contributed by atoms with van der Waals surface area (Å²) in [5.41, 5.74) is 1.78. The maximum absolute atomic E-state index is 11.9. The van der Waals surface area contributed by atoms with Gasteiger partial charge in [0.1, 0.15) is 5.60 Å². The van der Waals surface area contributed by atoms with Crippen LogP contribution in [0.15, 0.2) is 12.1 Å². The quantitative estimate of drug-likeness (QED) is 0.771. The molecule has 0 spiro atoms. The Morgan fingerprint density at radius 3 is 2.75 bits per heavy atom. The Labute approximate surface area is 142 Å². The maximum atomic E-state index is 11.9. The molecule has 2 atom stereocenters. The van der Waals surface area contributed by atoms with Crippen LogP contribution >= 0.6 is 0 Å². The number of nitrogens with zero attached hydrogens (tertiary/aromatic N) is 2. The van der Waals surface area contributed by atoms with Gasteiger partial charge in [0.2, 0.25) is 0 Å². The second kappa shape index (κ2) is 7.36. The minimum atomic E-state index is -0.697. The number of hydrogen-bond donors (Lipinski definition) is 3. The van der Waals surface area contributed by atoms with Gasteiger partial charge in [0.05, 0.1) is 24.4 Å². The molecular formula is C17H27N3O4. The SMILES string of the molecule is Cc1cc(N2CCC(NC(=O)OC(C)(C)C)C(O)C2)cc(CO)n1. The summed E-state index contributed by atoms with van der Waals surface area (Å²) >= 11 is 0. The van der Waals surface area contributed by atoms with Crippen LogP contribution in [0.2, 0.25) is 0 Å². The monoisotopic (exact) mass is 337 g/mol. The van der Waals surface area contributed by atoms with Gasteiger partial charge in [-0.05, 0) is 46.2 Å². The van der Waals surface area contributed by atoms with Crippen molar-refractivity contribution in [3.63, 3.8) is 0 Å². The van der Waals surface area contributed by atoms with Crippen molar-refractivity contribution in [3.05, 3.63) is 23.5 Å². The summed E-state index contributed by atoms with van der Waals surface area (Å²) < 4.78 is 5.24. The van der Waals surface area contributed by atoms with Crippen molar-refractivity contribution in [1.29, 1.82) is 0 Å². The predicted molar refractivity (Wildman–Crippen MR) is 90.9 cm³/mol. The molecule has 7 nitrogen and oxygen atoms in total. The fourth-order valence-corrected chi connectivity index (χ4v) is 2.77. The van der Waals surface area contributed by atoms with E-state index in [0.717, 1.165) is 11.4 Å². The van der Waals surface area contributed by atoms with Crippen molar-refractivity contribution in [2.24, 2.45) is 0 Å². The van der Waals surface area contributed by atoms with E-state index in [0.29, 0.717) is 25.2 Å². The first kappa shape index (κ1) is 18.5. The molecule has 2 unspecified atom stereocenters. The van der Waals surface area contributed by atoms with Crippen LogP contribution in [-0.2, 0) is 11.3 Å². The lowest BCUT2D eigenvalue weighted by molar-refractivity contribution is 0.0402. The number of carbonyl (C=O) groups is 1. The molecule has 0 aromatic carbocycles. The molecule has 2 heterocycles. The van der Waals surface area contributed by atoms with E-state index < -0.39 is 17.8 Å². The van der Waals surface area contributed by atoms with Crippen LogP contribution < -0.4 is 10.2 Å². The molecule has 1 aliphatic heterocycles. The molecule has 1 fully saturated rings. The summed E-state index contributed by atoms with van der Waals surface area (Å²) in [5, 5.41) is 22.4. The van der Waals surface area contributed by atoms with Crippen molar-refractivity contribution >= 4 is 11.8 Å². The van der Waals surface area contributed by atoms with Crippen LogP contribution in [0.5, 0.6) is 0 Å². The summed E-state index contributed by atoms with van der Waals surface area (Å²) in [5.74, 6) is 0. The number of nitrogens with one attached hydrogen (secondary N) is 1. The Hall–Kier alpha value is -1.86. The van der Waals surface area contributed by atoms with Gasteiger partial charge in [-0.1, -0.05) is 0 Å². The van der Waals surface area contributed by atoms with Crippen LogP contribution in [0.1, 0.15) is 38.6 Å². The van der Waals surface area contributed by atoms with Crippen molar-refractivity contribution in [2.45, 2.75) is 58.5 Å². The maximum Gasteiger partial charge on any atom is 0.407 e. The van der Waals surface area contributed by atoms with E-state index in [-0.39, 0.29) is 12.6 Å². The smallest absolute Gasteiger partial charge is 0.407 e. The molecule has 1 aliphatic rings. The molecule has 134 valence electrons.